The highest BCUT2D eigenvalue weighted by atomic mass is 19.4. The number of carbonyl (C=O) groups excluding carboxylic acids is 2. The number of nitro benzene ring substituents is 1. The van der Waals surface area contributed by atoms with Crippen LogP contribution in [0.5, 0.6) is 0 Å². The summed E-state index contributed by atoms with van der Waals surface area (Å²) in [5, 5.41) is 22.9. The first-order chi connectivity index (χ1) is 14.5. The molecule has 1 aliphatic heterocycles. The number of hydrogen-bond acceptors (Lipinski definition) is 5. The third-order valence-corrected chi connectivity index (χ3v) is 4.59. The van der Waals surface area contributed by atoms with Gasteiger partial charge in [0.2, 0.25) is 0 Å². The molecule has 1 atom stereocenters. The molecule has 1 heterocycles. The average molecular weight is 430 g/mol. The number of ketones is 1. The maximum absolute atomic E-state index is 13.0. The van der Waals surface area contributed by atoms with Gasteiger partial charge in [-0.05, 0) is 37.3 Å². The van der Waals surface area contributed by atoms with E-state index < -0.39 is 40.2 Å². The van der Waals surface area contributed by atoms with Crippen molar-refractivity contribution in [1.82, 2.24) is 5.32 Å². The number of hydrogen-bond donors (Lipinski definition) is 1. The normalized spacial score (nSPS) is 16.2. The predicted molar refractivity (Wildman–Crippen MR) is 102 cm³/mol. The van der Waals surface area contributed by atoms with Gasteiger partial charge in [-0.25, -0.2) is 4.79 Å². The molecule has 0 saturated carbocycles. The van der Waals surface area contributed by atoms with Crippen LogP contribution in [0, 0.1) is 21.4 Å². The molecule has 0 fully saturated rings. The maximum atomic E-state index is 13.0. The van der Waals surface area contributed by atoms with Crippen molar-refractivity contribution in [1.29, 1.82) is 5.26 Å². The van der Waals surface area contributed by atoms with Crippen molar-refractivity contribution in [3.63, 3.8) is 0 Å². The lowest BCUT2D eigenvalue weighted by Gasteiger charge is -2.31. The number of Topliss-reactive ketones (excluding diaryl/α,β-unsaturated/α-hetero) is 1. The first-order valence-corrected chi connectivity index (χ1v) is 8.71. The van der Waals surface area contributed by atoms with Crippen LogP contribution in [-0.2, 0) is 11.0 Å². The highest BCUT2D eigenvalue weighted by molar-refractivity contribution is 6.03. The van der Waals surface area contributed by atoms with Gasteiger partial charge in [0, 0.05) is 17.8 Å². The number of nitrogens with zero attached hydrogens (tertiary/aromatic N) is 3. The topological polar surface area (TPSA) is 116 Å². The number of nitrogens with one attached hydrogen (secondary N) is 1. The first kappa shape index (κ1) is 21.5. The molecule has 158 valence electrons. The van der Waals surface area contributed by atoms with Crippen LogP contribution in [0.4, 0.5) is 29.3 Å². The van der Waals surface area contributed by atoms with E-state index in [-0.39, 0.29) is 22.4 Å². The number of alkyl halides is 3. The highest BCUT2D eigenvalue weighted by Gasteiger charge is 2.36. The minimum atomic E-state index is -4.64. The van der Waals surface area contributed by atoms with E-state index in [4.69, 9.17) is 5.26 Å². The first-order valence-electron chi connectivity index (χ1n) is 8.71. The largest absolute Gasteiger partial charge is 0.416 e. The van der Waals surface area contributed by atoms with E-state index in [1.165, 1.54) is 18.2 Å². The molecule has 0 bridgehead atoms. The van der Waals surface area contributed by atoms with E-state index in [1.807, 2.05) is 0 Å². The Morgan fingerprint density at radius 1 is 1.26 bits per heavy atom. The van der Waals surface area contributed by atoms with Gasteiger partial charge >= 0.3 is 12.2 Å². The summed E-state index contributed by atoms with van der Waals surface area (Å²) in [5.74, 6) is -0.555. The van der Waals surface area contributed by atoms with Gasteiger partial charge in [-0.1, -0.05) is 6.07 Å². The third-order valence-electron chi connectivity index (χ3n) is 4.59. The minimum absolute atomic E-state index is 0.0107. The van der Waals surface area contributed by atoms with Crippen LogP contribution in [0.25, 0.3) is 0 Å². The summed E-state index contributed by atoms with van der Waals surface area (Å²) in [4.78, 5) is 36.5. The van der Waals surface area contributed by atoms with Gasteiger partial charge in [0.25, 0.3) is 5.69 Å². The minimum Gasteiger partial charge on any atom is -0.326 e. The molecule has 11 heteroatoms. The molecule has 0 aliphatic carbocycles. The van der Waals surface area contributed by atoms with E-state index in [2.05, 4.69) is 5.32 Å². The second-order valence-corrected chi connectivity index (χ2v) is 6.58. The third kappa shape index (κ3) is 4.23. The van der Waals surface area contributed by atoms with E-state index in [1.54, 1.807) is 6.07 Å². The van der Waals surface area contributed by atoms with Gasteiger partial charge in [0.15, 0.2) is 5.78 Å². The lowest BCUT2D eigenvalue weighted by Crippen LogP contribution is -2.45. The van der Waals surface area contributed by atoms with Crippen molar-refractivity contribution >= 4 is 23.2 Å². The van der Waals surface area contributed by atoms with Gasteiger partial charge in [0.1, 0.15) is 0 Å². The molecule has 1 N–H and O–H groups in total. The number of anilines is 1. The van der Waals surface area contributed by atoms with Crippen molar-refractivity contribution in [3.05, 3.63) is 81.0 Å². The zero-order valence-corrected chi connectivity index (χ0v) is 15.8. The van der Waals surface area contributed by atoms with E-state index >= 15 is 0 Å². The summed E-state index contributed by atoms with van der Waals surface area (Å²) >= 11 is 0. The zero-order valence-electron chi connectivity index (χ0n) is 15.8. The number of nitriles is 1. The van der Waals surface area contributed by atoms with Crippen LogP contribution in [-0.4, -0.2) is 16.7 Å². The van der Waals surface area contributed by atoms with E-state index in [0.717, 1.165) is 42.3 Å². The van der Waals surface area contributed by atoms with Crippen LogP contribution < -0.4 is 10.2 Å². The molecule has 0 spiro atoms. The summed E-state index contributed by atoms with van der Waals surface area (Å²) in [6.45, 7) is 1.16. The van der Waals surface area contributed by atoms with Crippen molar-refractivity contribution in [2.45, 2.75) is 19.1 Å². The Bertz CT molecular complexity index is 1170. The van der Waals surface area contributed by atoms with Crippen LogP contribution >= 0.6 is 0 Å². The summed E-state index contributed by atoms with van der Waals surface area (Å²) in [6, 6.07) is 7.18. The monoisotopic (exact) mass is 430 g/mol. The molecule has 8 nitrogen and oxygen atoms in total. The quantitative estimate of drug-likeness (QED) is 0.576. The molecule has 2 aromatic rings. The SMILES string of the molecule is CC(=O)C1=CN(c2cccc(C(F)(F)F)c2)C(=O)NC1c1ccc(C#N)cc1[N+](=O)[O-]. The Morgan fingerprint density at radius 3 is 2.55 bits per heavy atom. The van der Waals surface area contributed by atoms with Crippen LogP contribution in [0.2, 0.25) is 0 Å². The van der Waals surface area contributed by atoms with Crippen molar-refractivity contribution < 1.29 is 27.7 Å². The Balaban J connectivity index is 2.11. The number of carbonyl (C=O) groups is 2. The number of amides is 2. The fraction of sp³-hybridized carbons (Fsp3) is 0.150. The lowest BCUT2D eigenvalue weighted by atomic mass is 9.93. The number of urea groups is 1. The van der Waals surface area contributed by atoms with Crippen molar-refractivity contribution in [3.8, 4) is 6.07 Å². The molecule has 1 aliphatic rings. The molecule has 0 saturated heterocycles. The highest BCUT2D eigenvalue weighted by Crippen LogP contribution is 2.36. The zero-order chi connectivity index (χ0) is 22.9. The predicted octanol–water partition coefficient (Wildman–Crippen LogP) is 4.23. The number of nitro groups is 1. The average Bonchev–Trinajstić information content (AvgIpc) is 2.72. The lowest BCUT2D eigenvalue weighted by molar-refractivity contribution is -0.385. The van der Waals surface area contributed by atoms with E-state index in [0.29, 0.717) is 0 Å². The summed E-state index contributed by atoms with van der Waals surface area (Å²) < 4.78 is 39.1. The molecule has 2 aromatic carbocycles. The second-order valence-electron chi connectivity index (χ2n) is 6.58. The Morgan fingerprint density at radius 2 is 1.97 bits per heavy atom. The molecule has 1 unspecified atom stereocenters. The Hall–Kier alpha value is -4.20. The van der Waals surface area contributed by atoms with Crippen molar-refractivity contribution in [2.75, 3.05) is 4.90 Å². The number of benzene rings is 2. The fourth-order valence-corrected chi connectivity index (χ4v) is 3.12. The van der Waals surface area contributed by atoms with Gasteiger partial charge in [-0.3, -0.25) is 19.8 Å². The summed E-state index contributed by atoms with van der Waals surface area (Å²) in [6.07, 6.45) is -3.58. The molecular formula is C20H13F3N4O4. The van der Waals surface area contributed by atoms with Crippen LogP contribution in [0.3, 0.4) is 0 Å². The Kier molecular flexibility index (Phi) is 5.49. The second kappa shape index (κ2) is 7.91. The van der Waals surface area contributed by atoms with Crippen molar-refractivity contribution in [2.24, 2.45) is 0 Å². The number of halogens is 3. The number of rotatable bonds is 4. The smallest absolute Gasteiger partial charge is 0.326 e. The van der Waals surface area contributed by atoms with E-state index in [9.17, 15) is 32.9 Å². The van der Waals surface area contributed by atoms with Gasteiger partial charge < -0.3 is 5.32 Å². The summed E-state index contributed by atoms with van der Waals surface area (Å²) in [7, 11) is 0. The molecule has 31 heavy (non-hydrogen) atoms. The standard InChI is InChI=1S/C20H13F3N4O4/c1-11(28)16-10-26(14-4-2-3-13(8-14)20(21,22)23)19(29)25-18(16)15-6-5-12(9-24)7-17(15)27(30)31/h2-8,10,18H,1H3,(H,25,29). The molecule has 3 rings (SSSR count). The fourth-order valence-electron chi connectivity index (χ4n) is 3.12. The van der Waals surface area contributed by atoms with Gasteiger partial charge in [0.05, 0.1) is 39.4 Å². The van der Waals surface area contributed by atoms with Crippen LogP contribution in [0.1, 0.15) is 29.7 Å². The molecule has 0 radical (unpaired) electrons. The molecular weight excluding hydrogens is 417 g/mol. The summed E-state index contributed by atoms with van der Waals surface area (Å²) in [5.41, 5.74) is -1.72. The molecule has 0 aromatic heterocycles. The van der Waals surface area contributed by atoms with Gasteiger partial charge in [-0.15, -0.1) is 0 Å². The van der Waals surface area contributed by atoms with Gasteiger partial charge in [-0.2, -0.15) is 18.4 Å². The molecule has 2 amide bonds. The Labute approximate surface area is 173 Å². The van der Waals surface area contributed by atoms with Crippen LogP contribution in [0.15, 0.2) is 54.2 Å². The maximum Gasteiger partial charge on any atom is 0.416 e.